The lowest BCUT2D eigenvalue weighted by Crippen LogP contribution is -2.33. The first-order valence-electron chi connectivity index (χ1n) is 14.9. The van der Waals surface area contributed by atoms with Gasteiger partial charge in [0, 0.05) is 10.4 Å². The third-order valence-electron chi connectivity index (χ3n) is 6.97. The number of carbonyl (C=O) groups excluding carboxylic acids is 3. The Morgan fingerprint density at radius 3 is 2.45 bits per heavy atom. The first kappa shape index (κ1) is 32.5. The molecule has 1 aliphatic rings. The van der Waals surface area contributed by atoms with E-state index in [4.69, 9.17) is 18.9 Å². The fraction of sp³-hybridized carbons (Fsp3) is 0.394. The summed E-state index contributed by atoms with van der Waals surface area (Å²) in [7, 11) is 0. The second-order valence-corrected chi connectivity index (χ2v) is 11.4. The zero-order valence-corrected chi connectivity index (χ0v) is 26.5. The van der Waals surface area contributed by atoms with Crippen molar-refractivity contribution in [2.45, 2.75) is 60.0 Å². The largest absolute Gasteiger partial charge is 0.490 e. The molecule has 234 valence electrons. The van der Waals surface area contributed by atoms with Gasteiger partial charge in [-0.15, -0.1) is 11.3 Å². The fourth-order valence-electron chi connectivity index (χ4n) is 4.79. The Morgan fingerprint density at radius 1 is 1.02 bits per heavy atom. The van der Waals surface area contributed by atoms with Crippen LogP contribution in [0, 0.1) is 5.92 Å². The monoisotopic (exact) mass is 621 g/mol. The molecule has 11 heteroatoms. The minimum atomic E-state index is -0.849. The van der Waals surface area contributed by atoms with Crippen LogP contribution in [0.4, 0.5) is 5.00 Å². The quantitative estimate of drug-likeness (QED) is 0.136. The van der Waals surface area contributed by atoms with Gasteiger partial charge in [0.25, 0.3) is 11.8 Å². The molecular weight excluding hydrogens is 582 g/mol. The minimum absolute atomic E-state index is 0.259. The number of esters is 1. The lowest BCUT2D eigenvalue weighted by atomic mass is 9.88. The van der Waals surface area contributed by atoms with E-state index in [9.17, 15) is 14.4 Å². The van der Waals surface area contributed by atoms with E-state index < -0.39 is 18.0 Å². The Kier molecular flexibility index (Phi) is 11.4. The van der Waals surface area contributed by atoms with Gasteiger partial charge in [0.05, 0.1) is 31.6 Å². The second-order valence-electron chi connectivity index (χ2n) is 10.3. The van der Waals surface area contributed by atoms with E-state index in [1.54, 1.807) is 50.2 Å². The summed E-state index contributed by atoms with van der Waals surface area (Å²) in [5, 5.41) is 7.46. The Balaban J connectivity index is 1.35. The third kappa shape index (κ3) is 8.16. The number of amides is 2. The molecule has 10 nitrogen and oxygen atoms in total. The summed E-state index contributed by atoms with van der Waals surface area (Å²) in [5.74, 6) is 0.969. The molecule has 1 aromatic heterocycles. The first-order valence-corrected chi connectivity index (χ1v) is 15.7. The molecular formula is C33H39N3O7S. The number of nitrogens with one attached hydrogen (secondary N) is 2. The van der Waals surface area contributed by atoms with Crippen molar-refractivity contribution in [2.75, 3.05) is 25.1 Å². The molecule has 0 spiro atoms. The SMILES string of the molecule is CCOC(=O)c1c(NC(=O)c2ccc(O[C@@H](C)C(=O)N/N=C\c3ccc(OCC)c(OCC)c3)cc2)sc2c1CC[C@H](C)C2. The normalized spacial score (nSPS) is 14.8. The van der Waals surface area contributed by atoms with Crippen molar-refractivity contribution in [1.82, 2.24) is 5.43 Å². The van der Waals surface area contributed by atoms with E-state index in [1.165, 1.54) is 17.6 Å². The lowest BCUT2D eigenvalue weighted by Gasteiger charge is -2.18. The number of anilines is 1. The van der Waals surface area contributed by atoms with Crippen LogP contribution in [0.5, 0.6) is 17.2 Å². The lowest BCUT2D eigenvalue weighted by molar-refractivity contribution is -0.127. The average molecular weight is 622 g/mol. The van der Waals surface area contributed by atoms with Crippen molar-refractivity contribution in [3.05, 3.63) is 69.6 Å². The van der Waals surface area contributed by atoms with Gasteiger partial charge in [-0.1, -0.05) is 6.92 Å². The number of rotatable bonds is 13. The molecule has 0 radical (unpaired) electrons. The van der Waals surface area contributed by atoms with Gasteiger partial charge in [0.1, 0.15) is 10.8 Å². The molecule has 1 aliphatic carbocycles. The standard InChI is InChI=1S/C33H39N3O7S/c1-6-40-26-16-10-22(18-27(26)41-7-2)19-34-36-30(37)21(5)43-24-13-11-23(12-14-24)31(38)35-32-29(33(39)42-8-3)25-15-9-20(4)17-28(25)44-32/h10-14,16,18-21H,6-9,15,17H2,1-5H3,(H,35,38)(H,36,37)/b34-19-/t20-,21-/m0/s1. The maximum atomic E-state index is 13.1. The van der Waals surface area contributed by atoms with Gasteiger partial charge in [-0.3, -0.25) is 9.59 Å². The molecule has 2 atom stereocenters. The Morgan fingerprint density at radius 2 is 1.75 bits per heavy atom. The topological polar surface area (TPSA) is 125 Å². The van der Waals surface area contributed by atoms with Crippen LogP contribution in [-0.4, -0.2) is 49.9 Å². The Hall–Kier alpha value is -4.38. The van der Waals surface area contributed by atoms with Crippen LogP contribution < -0.4 is 25.0 Å². The molecule has 0 aliphatic heterocycles. The molecule has 2 amide bonds. The van der Waals surface area contributed by atoms with Crippen LogP contribution >= 0.6 is 11.3 Å². The van der Waals surface area contributed by atoms with Crippen molar-refractivity contribution in [2.24, 2.45) is 11.0 Å². The van der Waals surface area contributed by atoms with Crippen LogP contribution in [0.25, 0.3) is 0 Å². The van der Waals surface area contributed by atoms with Gasteiger partial charge in [0.2, 0.25) is 0 Å². The van der Waals surface area contributed by atoms with Gasteiger partial charge >= 0.3 is 5.97 Å². The van der Waals surface area contributed by atoms with E-state index in [0.717, 1.165) is 35.3 Å². The summed E-state index contributed by atoms with van der Waals surface area (Å²) < 4.78 is 22.2. The van der Waals surface area contributed by atoms with E-state index in [0.29, 0.717) is 52.5 Å². The fourth-order valence-corrected chi connectivity index (χ4v) is 6.18. The number of thiophene rings is 1. The van der Waals surface area contributed by atoms with Crippen molar-refractivity contribution < 1.29 is 33.3 Å². The summed E-state index contributed by atoms with van der Waals surface area (Å²) in [6.07, 6.45) is 3.32. The summed E-state index contributed by atoms with van der Waals surface area (Å²) in [4.78, 5) is 39.6. The Labute approximate surface area is 261 Å². The van der Waals surface area contributed by atoms with Crippen molar-refractivity contribution >= 4 is 40.3 Å². The summed E-state index contributed by atoms with van der Waals surface area (Å²) in [6, 6.07) is 11.8. The van der Waals surface area contributed by atoms with Gasteiger partial charge in [0.15, 0.2) is 17.6 Å². The van der Waals surface area contributed by atoms with Crippen LogP contribution in [0.2, 0.25) is 0 Å². The number of hydrogen-bond acceptors (Lipinski definition) is 9. The zero-order chi connectivity index (χ0) is 31.6. The zero-order valence-electron chi connectivity index (χ0n) is 25.7. The molecule has 44 heavy (non-hydrogen) atoms. The molecule has 0 unspecified atom stereocenters. The number of ether oxygens (including phenoxy) is 4. The number of fused-ring (bicyclic) bond motifs is 1. The number of carbonyl (C=O) groups is 3. The highest BCUT2D eigenvalue weighted by molar-refractivity contribution is 7.17. The Bertz CT molecular complexity index is 1500. The van der Waals surface area contributed by atoms with Gasteiger partial charge in [-0.2, -0.15) is 5.10 Å². The molecule has 0 fully saturated rings. The molecule has 2 N–H and O–H groups in total. The molecule has 4 rings (SSSR count). The average Bonchev–Trinajstić information content (AvgIpc) is 3.35. The maximum Gasteiger partial charge on any atom is 0.341 e. The van der Waals surface area contributed by atoms with E-state index in [2.05, 4.69) is 22.8 Å². The molecule has 1 heterocycles. The summed E-state index contributed by atoms with van der Waals surface area (Å²) >= 11 is 1.44. The van der Waals surface area contributed by atoms with E-state index in [-0.39, 0.29) is 12.5 Å². The number of nitrogens with zero attached hydrogens (tertiary/aromatic N) is 1. The van der Waals surface area contributed by atoms with Crippen LogP contribution in [0.15, 0.2) is 47.6 Å². The highest BCUT2D eigenvalue weighted by Gasteiger charge is 2.29. The van der Waals surface area contributed by atoms with Crippen molar-refractivity contribution in [3.8, 4) is 17.2 Å². The molecule has 0 bridgehead atoms. The summed E-state index contributed by atoms with van der Waals surface area (Å²) in [6.45, 7) is 10.6. The highest BCUT2D eigenvalue weighted by Crippen LogP contribution is 2.40. The van der Waals surface area contributed by atoms with Gasteiger partial charge in [-0.25, -0.2) is 10.2 Å². The number of hydrazone groups is 1. The molecule has 2 aromatic carbocycles. The molecule has 0 saturated heterocycles. The smallest absolute Gasteiger partial charge is 0.341 e. The van der Waals surface area contributed by atoms with Crippen molar-refractivity contribution in [1.29, 1.82) is 0 Å². The predicted octanol–water partition coefficient (Wildman–Crippen LogP) is 6.02. The second kappa shape index (κ2) is 15.4. The minimum Gasteiger partial charge on any atom is -0.490 e. The molecule has 3 aromatic rings. The number of benzene rings is 2. The van der Waals surface area contributed by atoms with Crippen LogP contribution in [0.1, 0.15) is 77.8 Å². The van der Waals surface area contributed by atoms with Crippen molar-refractivity contribution in [3.63, 3.8) is 0 Å². The first-order chi connectivity index (χ1) is 21.2. The maximum absolute atomic E-state index is 13.1. The summed E-state index contributed by atoms with van der Waals surface area (Å²) in [5.41, 5.74) is 5.04. The molecule has 0 saturated carbocycles. The number of hydrogen-bond donors (Lipinski definition) is 2. The van der Waals surface area contributed by atoms with E-state index >= 15 is 0 Å². The highest BCUT2D eigenvalue weighted by atomic mass is 32.1. The van der Waals surface area contributed by atoms with E-state index in [1.807, 2.05) is 19.9 Å². The third-order valence-corrected chi connectivity index (χ3v) is 8.14. The predicted molar refractivity (Wildman–Crippen MR) is 170 cm³/mol. The van der Waals surface area contributed by atoms with Gasteiger partial charge in [-0.05, 0) is 106 Å². The van der Waals surface area contributed by atoms with Crippen LogP contribution in [0.3, 0.4) is 0 Å². The van der Waals surface area contributed by atoms with Gasteiger partial charge < -0.3 is 24.3 Å². The van der Waals surface area contributed by atoms with Crippen LogP contribution in [-0.2, 0) is 22.4 Å².